The normalized spacial score (nSPS) is 13.3. The molecule has 2 aliphatic rings. The maximum atomic E-state index is 6.54. The van der Waals surface area contributed by atoms with Crippen molar-refractivity contribution >= 4 is 103 Å². The molecule has 2 aliphatic carbocycles. The van der Waals surface area contributed by atoms with Crippen molar-refractivity contribution in [2.45, 2.75) is 5.41 Å². The smallest absolute Gasteiger partial charge is 0.143 e. The first-order valence-electron chi connectivity index (χ1n) is 23.6. The van der Waals surface area contributed by atoms with Crippen molar-refractivity contribution in [2.75, 3.05) is 4.90 Å². The molecule has 3 heterocycles. The Hall–Kier alpha value is -8.70. The second-order valence-electron chi connectivity index (χ2n) is 18.6. The van der Waals surface area contributed by atoms with Gasteiger partial charge < -0.3 is 13.7 Å². The number of anilines is 3. The minimum Gasteiger partial charge on any atom is -0.456 e. The molecular weight excluding hydrogens is 859 g/mol. The predicted molar refractivity (Wildman–Crippen MR) is 288 cm³/mol. The minimum atomic E-state index is -0.479. The standard InChI is InChI=1S/C65H37NO2S/c1-6-21-53-43(14-1)44-15-2-7-22-54(44)65(53)55-23-8-3-16-45(55)46-33-29-41(37-56(46)65)66(40-30-34-60-52(36-40)48-18-5-9-25-58(48)67-60)57-24-11-13-38-27-32-51-49-31-28-39(35-61(49)69-64(51)62(38)57)42-19-12-20-50-47-17-4-10-26-59(47)68-63(42)50/h1-37H. The van der Waals surface area contributed by atoms with Crippen molar-refractivity contribution in [3.8, 4) is 33.4 Å². The zero-order valence-electron chi connectivity index (χ0n) is 37.0. The molecule has 0 aliphatic heterocycles. The summed E-state index contributed by atoms with van der Waals surface area (Å²) in [6.07, 6.45) is 0. The molecule has 1 spiro atoms. The van der Waals surface area contributed by atoms with Gasteiger partial charge in [0.15, 0.2) is 0 Å². The van der Waals surface area contributed by atoms with Crippen LogP contribution in [0.25, 0.3) is 108 Å². The van der Waals surface area contributed by atoms with E-state index in [0.29, 0.717) is 0 Å². The van der Waals surface area contributed by atoms with E-state index >= 15 is 0 Å². The molecule has 3 nitrogen and oxygen atoms in total. The highest BCUT2D eigenvalue weighted by Gasteiger charge is 2.51. The topological polar surface area (TPSA) is 29.5 Å². The quantitative estimate of drug-likeness (QED) is 0.176. The first-order valence-corrected chi connectivity index (χ1v) is 24.5. The van der Waals surface area contributed by atoms with Gasteiger partial charge in [-0.15, -0.1) is 11.3 Å². The van der Waals surface area contributed by atoms with Crippen molar-refractivity contribution in [1.82, 2.24) is 0 Å². The third kappa shape index (κ3) is 4.95. The lowest BCUT2D eigenvalue weighted by molar-refractivity contribution is 0.669. The lowest BCUT2D eigenvalue weighted by Gasteiger charge is -2.32. The van der Waals surface area contributed by atoms with Crippen molar-refractivity contribution in [2.24, 2.45) is 0 Å². The minimum absolute atomic E-state index is 0.479. The lowest BCUT2D eigenvalue weighted by atomic mass is 9.70. The van der Waals surface area contributed by atoms with E-state index in [1.165, 1.54) is 75.5 Å². The van der Waals surface area contributed by atoms with E-state index in [1.807, 2.05) is 23.5 Å². The predicted octanol–water partition coefficient (Wildman–Crippen LogP) is 18.5. The maximum Gasteiger partial charge on any atom is 0.143 e. The second kappa shape index (κ2) is 13.7. The monoisotopic (exact) mass is 895 g/mol. The summed E-state index contributed by atoms with van der Waals surface area (Å²) in [5.74, 6) is 0. The summed E-state index contributed by atoms with van der Waals surface area (Å²) in [5, 5.41) is 9.41. The highest BCUT2D eigenvalue weighted by atomic mass is 32.1. The molecule has 0 bridgehead atoms. The number of nitrogens with zero attached hydrogens (tertiary/aromatic N) is 1. The number of hydrogen-bond acceptors (Lipinski definition) is 4. The van der Waals surface area contributed by atoms with Crippen molar-refractivity contribution in [1.29, 1.82) is 0 Å². The maximum absolute atomic E-state index is 6.54. The van der Waals surface area contributed by atoms with Crippen LogP contribution in [0.2, 0.25) is 0 Å². The SMILES string of the molecule is c1ccc2c(c1)-c1ccccc1C21c2ccccc2-c2ccc(N(c3ccc4oc5ccccc5c4c3)c3cccc4ccc5c6ccc(-c7cccc8c7oc7ccccc78)cc6sc5c34)cc21. The fourth-order valence-electron chi connectivity index (χ4n) is 12.4. The van der Waals surface area contributed by atoms with E-state index in [2.05, 4.69) is 217 Å². The Morgan fingerprint density at radius 3 is 1.71 bits per heavy atom. The van der Waals surface area contributed by atoms with Gasteiger partial charge in [-0.1, -0.05) is 170 Å². The Morgan fingerprint density at radius 1 is 0.362 bits per heavy atom. The van der Waals surface area contributed by atoms with Crippen molar-refractivity contribution < 1.29 is 8.83 Å². The second-order valence-corrected chi connectivity index (χ2v) is 19.7. The van der Waals surface area contributed by atoms with Crippen molar-refractivity contribution in [3.63, 3.8) is 0 Å². The van der Waals surface area contributed by atoms with E-state index in [0.717, 1.165) is 72.1 Å². The number of para-hydroxylation sites is 3. The van der Waals surface area contributed by atoms with Crippen LogP contribution >= 0.6 is 11.3 Å². The summed E-state index contributed by atoms with van der Waals surface area (Å²) in [6.45, 7) is 0. The first-order chi connectivity index (χ1) is 34.2. The van der Waals surface area contributed by atoms with Crippen LogP contribution in [0.5, 0.6) is 0 Å². The molecule has 0 atom stereocenters. The van der Waals surface area contributed by atoms with Crippen LogP contribution in [-0.4, -0.2) is 0 Å². The largest absolute Gasteiger partial charge is 0.456 e. The van der Waals surface area contributed by atoms with Gasteiger partial charge in [-0.05, 0) is 110 Å². The van der Waals surface area contributed by atoms with Crippen LogP contribution in [0.3, 0.4) is 0 Å². The van der Waals surface area contributed by atoms with Crippen LogP contribution in [0, 0.1) is 0 Å². The molecule has 0 radical (unpaired) electrons. The average Bonchev–Trinajstić information content (AvgIpc) is 4.21. The number of rotatable bonds is 4. The van der Waals surface area contributed by atoms with E-state index in [4.69, 9.17) is 8.83 Å². The van der Waals surface area contributed by atoms with Crippen LogP contribution < -0.4 is 4.90 Å². The molecule has 0 unspecified atom stereocenters. The molecule has 0 amide bonds. The molecule has 0 saturated carbocycles. The summed E-state index contributed by atoms with van der Waals surface area (Å²) in [5.41, 5.74) is 19.1. The van der Waals surface area contributed by atoms with E-state index in [9.17, 15) is 0 Å². The van der Waals surface area contributed by atoms with Gasteiger partial charge >= 0.3 is 0 Å². The fraction of sp³-hybridized carbons (Fsp3) is 0.0154. The summed E-state index contributed by atoms with van der Waals surface area (Å²) in [7, 11) is 0. The van der Waals surface area contributed by atoms with Gasteiger partial charge in [0.1, 0.15) is 22.3 Å². The first kappa shape index (κ1) is 37.4. The molecule has 14 aromatic rings. The van der Waals surface area contributed by atoms with Gasteiger partial charge in [-0.3, -0.25) is 0 Å². The molecule has 3 aromatic heterocycles. The van der Waals surface area contributed by atoms with E-state index in [1.54, 1.807) is 0 Å². The van der Waals surface area contributed by atoms with E-state index in [-0.39, 0.29) is 0 Å². The molecule has 320 valence electrons. The van der Waals surface area contributed by atoms with E-state index < -0.39 is 5.41 Å². The number of furan rings is 2. The zero-order valence-corrected chi connectivity index (χ0v) is 37.9. The molecular formula is C65H37NO2S. The lowest BCUT2D eigenvalue weighted by Crippen LogP contribution is -2.26. The summed E-state index contributed by atoms with van der Waals surface area (Å²) in [6, 6.07) is 82.7. The average molecular weight is 896 g/mol. The third-order valence-electron chi connectivity index (χ3n) is 15.3. The number of benzene rings is 11. The van der Waals surface area contributed by atoms with Crippen LogP contribution in [0.4, 0.5) is 17.1 Å². The van der Waals surface area contributed by atoms with Crippen LogP contribution in [0.15, 0.2) is 233 Å². The number of hydrogen-bond donors (Lipinski definition) is 0. The molecule has 4 heteroatoms. The summed E-state index contributed by atoms with van der Waals surface area (Å²) < 4.78 is 15.5. The van der Waals surface area contributed by atoms with Gasteiger partial charge in [-0.25, -0.2) is 0 Å². The Morgan fingerprint density at radius 2 is 0.942 bits per heavy atom. The number of fused-ring (bicyclic) bond motifs is 21. The van der Waals surface area contributed by atoms with Crippen LogP contribution in [-0.2, 0) is 5.41 Å². The van der Waals surface area contributed by atoms with Gasteiger partial charge in [0.05, 0.1) is 11.1 Å². The van der Waals surface area contributed by atoms with Crippen LogP contribution in [0.1, 0.15) is 22.3 Å². The Labute approximate surface area is 400 Å². The molecule has 0 N–H and O–H groups in total. The molecule has 0 fully saturated rings. The third-order valence-corrected chi connectivity index (χ3v) is 16.5. The Balaban J connectivity index is 0.958. The summed E-state index contributed by atoms with van der Waals surface area (Å²) in [4.78, 5) is 2.50. The Kier molecular flexibility index (Phi) is 7.42. The van der Waals surface area contributed by atoms with Gasteiger partial charge in [0, 0.05) is 64.0 Å². The molecule has 16 rings (SSSR count). The summed E-state index contributed by atoms with van der Waals surface area (Å²) >= 11 is 1.88. The molecule has 69 heavy (non-hydrogen) atoms. The molecule has 11 aromatic carbocycles. The molecule has 0 saturated heterocycles. The highest BCUT2D eigenvalue weighted by molar-refractivity contribution is 7.26. The van der Waals surface area contributed by atoms with Gasteiger partial charge in [0.25, 0.3) is 0 Å². The fourth-order valence-corrected chi connectivity index (χ4v) is 13.7. The van der Waals surface area contributed by atoms with Gasteiger partial charge in [0.2, 0.25) is 0 Å². The number of thiophene rings is 1. The van der Waals surface area contributed by atoms with Gasteiger partial charge in [-0.2, -0.15) is 0 Å². The Bertz CT molecular complexity index is 4460. The highest BCUT2D eigenvalue weighted by Crippen LogP contribution is 2.63. The zero-order chi connectivity index (χ0) is 45.0. The van der Waals surface area contributed by atoms with Crippen molar-refractivity contribution in [3.05, 3.63) is 247 Å².